The molecular weight excluding hydrogens is 264 g/mol. The Morgan fingerprint density at radius 2 is 1.90 bits per heavy atom. The maximum absolute atomic E-state index is 3.27. The molecule has 0 amide bonds. The summed E-state index contributed by atoms with van der Waals surface area (Å²) in [5, 5.41) is 3.27. The third-order valence-corrected chi connectivity index (χ3v) is 5.20. The third-order valence-electron chi connectivity index (χ3n) is 4.21. The minimum atomic E-state index is 0.948. The molecule has 3 heteroatoms. The highest BCUT2D eigenvalue weighted by Gasteiger charge is 2.18. The van der Waals surface area contributed by atoms with E-state index in [1.165, 1.54) is 61.7 Å². The number of benzene rings is 1. The van der Waals surface area contributed by atoms with Crippen LogP contribution >= 0.6 is 11.8 Å². The van der Waals surface area contributed by atoms with Gasteiger partial charge in [0.25, 0.3) is 0 Å². The fourth-order valence-electron chi connectivity index (χ4n) is 2.77. The minimum Gasteiger partial charge on any atom is -0.320 e. The number of piperidine rings is 1. The molecule has 1 saturated heterocycles. The van der Waals surface area contributed by atoms with Crippen LogP contribution in [0.3, 0.4) is 0 Å². The molecule has 0 aromatic heterocycles. The minimum absolute atomic E-state index is 0.948. The topological polar surface area (TPSA) is 15.3 Å². The van der Waals surface area contributed by atoms with Gasteiger partial charge in [0.2, 0.25) is 0 Å². The number of nitrogens with zero attached hydrogens (tertiary/aromatic N) is 1. The van der Waals surface area contributed by atoms with Crippen molar-refractivity contribution in [3.05, 3.63) is 29.8 Å². The number of rotatable bonds is 7. The van der Waals surface area contributed by atoms with Crippen LogP contribution in [0, 0.1) is 12.8 Å². The smallest absolute Gasteiger partial charge is 0.0108 e. The maximum Gasteiger partial charge on any atom is 0.0108 e. The maximum atomic E-state index is 3.27. The number of likely N-dealkylation sites (tertiary alicyclic amines) is 1. The molecular formula is C17H28N2S. The summed E-state index contributed by atoms with van der Waals surface area (Å²) in [7, 11) is 2.05. The molecule has 2 nitrogen and oxygen atoms in total. The first-order valence-corrected chi connectivity index (χ1v) is 8.83. The van der Waals surface area contributed by atoms with Crippen LogP contribution in [-0.4, -0.2) is 43.9 Å². The molecule has 1 N–H and O–H groups in total. The zero-order chi connectivity index (χ0) is 14.2. The van der Waals surface area contributed by atoms with Crippen molar-refractivity contribution in [1.82, 2.24) is 10.2 Å². The van der Waals surface area contributed by atoms with Crippen LogP contribution in [0.2, 0.25) is 0 Å². The first-order chi connectivity index (χ1) is 9.78. The molecule has 0 atom stereocenters. The van der Waals surface area contributed by atoms with E-state index in [9.17, 15) is 0 Å². The lowest BCUT2D eigenvalue weighted by Crippen LogP contribution is -2.35. The van der Waals surface area contributed by atoms with Crippen molar-refractivity contribution >= 4 is 11.8 Å². The van der Waals surface area contributed by atoms with Crippen molar-refractivity contribution < 1.29 is 0 Å². The highest BCUT2D eigenvalue weighted by molar-refractivity contribution is 7.99. The molecule has 0 aliphatic carbocycles. The number of nitrogens with one attached hydrogen (secondary N) is 1. The Kier molecular flexibility index (Phi) is 6.91. The summed E-state index contributed by atoms with van der Waals surface area (Å²) in [5.74, 6) is 2.16. The largest absolute Gasteiger partial charge is 0.320 e. The summed E-state index contributed by atoms with van der Waals surface area (Å²) in [6.07, 6.45) is 4.12. The van der Waals surface area contributed by atoms with Crippen LogP contribution in [0.4, 0.5) is 0 Å². The van der Waals surface area contributed by atoms with Gasteiger partial charge in [-0.25, -0.2) is 0 Å². The van der Waals surface area contributed by atoms with Gasteiger partial charge in [0.15, 0.2) is 0 Å². The highest BCUT2D eigenvalue weighted by atomic mass is 32.2. The second-order valence-corrected chi connectivity index (χ2v) is 7.01. The van der Waals surface area contributed by atoms with E-state index < -0.39 is 0 Å². The van der Waals surface area contributed by atoms with E-state index in [1.807, 2.05) is 11.8 Å². The van der Waals surface area contributed by atoms with E-state index in [-0.39, 0.29) is 0 Å². The average molecular weight is 292 g/mol. The molecule has 0 radical (unpaired) electrons. The van der Waals surface area contributed by atoms with Gasteiger partial charge in [0.05, 0.1) is 0 Å². The SMILES string of the molecule is CNCCC1CCN(CCSc2ccc(C)cc2)CC1. The van der Waals surface area contributed by atoms with Crippen molar-refractivity contribution in [2.75, 3.05) is 39.0 Å². The number of hydrogen-bond donors (Lipinski definition) is 1. The number of hydrogen-bond acceptors (Lipinski definition) is 3. The summed E-state index contributed by atoms with van der Waals surface area (Å²) in [4.78, 5) is 4.04. The Balaban J connectivity index is 1.60. The average Bonchev–Trinajstić information content (AvgIpc) is 2.48. The molecule has 1 fully saturated rings. The molecule has 0 bridgehead atoms. The fourth-order valence-corrected chi connectivity index (χ4v) is 3.69. The van der Waals surface area contributed by atoms with Crippen molar-refractivity contribution in [1.29, 1.82) is 0 Å². The molecule has 1 aliphatic heterocycles. The van der Waals surface area contributed by atoms with Gasteiger partial charge in [-0.15, -0.1) is 11.8 Å². The van der Waals surface area contributed by atoms with Crippen molar-refractivity contribution in [2.24, 2.45) is 5.92 Å². The quantitative estimate of drug-likeness (QED) is 0.775. The molecule has 1 aliphatic rings. The number of aryl methyl sites for hydroxylation is 1. The molecule has 1 heterocycles. The van der Waals surface area contributed by atoms with Gasteiger partial charge in [0.1, 0.15) is 0 Å². The number of thioether (sulfide) groups is 1. The van der Waals surface area contributed by atoms with Gasteiger partial charge in [-0.05, 0) is 70.9 Å². The monoisotopic (exact) mass is 292 g/mol. The lowest BCUT2D eigenvalue weighted by molar-refractivity contribution is 0.188. The molecule has 0 unspecified atom stereocenters. The predicted octanol–water partition coefficient (Wildman–Crippen LogP) is 3.41. The van der Waals surface area contributed by atoms with E-state index in [1.54, 1.807) is 0 Å². The lowest BCUT2D eigenvalue weighted by atomic mass is 9.94. The molecule has 0 saturated carbocycles. The second-order valence-electron chi connectivity index (χ2n) is 5.84. The first kappa shape index (κ1) is 15.9. The zero-order valence-corrected chi connectivity index (χ0v) is 13.7. The Morgan fingerprint density at radius 1 is 1.20 bits per heavy atom. The molecule has 1 aromatic carbocycles. The van der Waals surface area contributed by atoms with Gasteiger partial charge in [0, 0.05) is 17.2 Å². The van der Waals surface area contributed by atoms with Crippen LogP contribution in [-0.2, 0) is 0 Å². The van der Waals surface area contributed by atoms with E-state index in [0.717, 1.165) is 5.92 Å². The predicted molar refractivity (Wildman–Crippen MR) is 89.6 cm³/mol. The molecule has 20 heavy (non-hydrogen) atoms. The fraction of sp³-hybridized carbons (Fsp3) is 0.647. The highest BCUT2D eigenvalue weighted by Crippen LogP contribution is 2.22. The summed E-state index contributed by atoms with van der Waals surface area (Å²) < 4.78 is 0. The molecule has 1 aromatic rings. The summed E-state index contributed by atoms with van der Waals surface area (Å²) in [6.45, 7) is 7.14. The first-order valence-electron chi connectivity index (χ1n) is 7.84. The van der Waals surface area contributed by atoms with Gasteiger partial charge in [-0.3, -0.25) is 0 Å². The lowest BCUT2D eigenvalue weighted by Gasteiger charge is -2.31. The standard InChI is InChI=1S/C17H28N2S/c1-15-3-5-17(6-4-15)20-14-13-19-11-8-16(9-12-19)7-10-18-2/h3-6,16,18H,7-14H2,1-2H3. The molecule has 0 spiro atoms. The zero-order valence-electron chi connectivity index (χ0n) is 12.9. The van der Waals surface area contributed by atoms with Crippen molar-refractivity contribution in [2.45, 2.75) is 31.1 Å². The Labute approximate surface area is 128 Å². The Bertz CT molecular complexity index is 369. The van der Waals surface area contributed by atoms with Gasteiger partial charge >= 0.3 is 0 Å². The van der Waals surface area contributed by atoms with Crippen LogP contribution in [0.5, 0.6) is 0 Å². The van der Waals surface area contributed by atoms with Crippen LogP contribution in [0.1, 0.15) is 24.8 Å². The van der Waals surface area contributed by atoms with Gasteiger partial charge < -0.3 is 10.2 Å². The Hall–Kier alpha value is -0.510. The van der Waals surface area contributed by atoms with E-state index >= 15 is 0 Å². The van der Waals surface area contributed by atoms with Crippen LogP contribution < -0.4 is 5.32 Å². The van der Waals surface area contributed by atoms with Gasteiger partial charge in [-0.2, -0.15) is 0 Å². The second kappa shape index (κ2) is 8.71. The Morgan fingerprint density at radius 3 is 2.55 bits per heavy atom. The summed E-state index contributed by atoms with van der Waals surface area (Å²) in [5.41, 5.74) is 1.35. The summed E-state index contributed by atoms with van der Waals surface area (Å²) in [6, 6.07) is 8.89. The summed E-state index contributed by atoms with van der Waals surface area (Å²) >= 11 is 1.99. The van der Waals surface area contributed by atoms with E-state index in [4.69, 9.17) is 0 Å². The normalized spacial score (nSPS) is 17.5. The van der Waals surface area contributed by atoms with Crippen molar-refractivity contribution in [3.63, 3.8) is 0 Å². The third kappa shape index (κ3) is 5.47. The van der Waals surface area contributed by atoms with E-state index in [2.05, 4.69) is 48.5 Å². The van der Waals surface area contributed by atoms with Crippen molar-refractivity contribution in [3.8, 4) is 0 Å². The molecule has 2 rings (SSSR count). The van der Waals surface area contributed by atoms with Crippen LogP contribution in [0.25, 0.3) is 0 Å². The van der Waals surface area contributed by atoms with Gasteiger partial charge in [-0.1, -0.05) is 17.7 Å². The molecule has 112 valence electrons. The van der Waals surface area contributed by atoms with E-state index in [0.29, 0.717) is 0 Å². The van der Waals surface area contributed by atoms with Crippen LogP contribution in [0.15, 0.2) is 29.2 Å².